The number of nitrogens with zero attached hydrogens (tertiary/aromatic N) is 2. The summed E-state index contributed by atoms with van der Waals surface area (Å²) in [4.78, 5) is 30.4. The maximum Gasteiger partial charge on any atom is 0.416 e. The lowest BCUT2D eigenvalue weighted by molar-refractivity contribution is -0.137. The third-order valence-electron chi connectivity index (χ3n) is 4.69. The monoisotopic (exact) mass is 393 g/mol. The molecule has 0 saturated carbocycles. The van der Waals surface area contributed by atoms with Crippen LogP contribution in [0.3, 0.4) is 0 Å². The van der Waals surface area contributed by atoms with Crippen molar-refractivity contribution in [2.45, 2.75) is 32.1 Å². The number of aryl methyl sites for hydroxylation is 1. The Morgan fingerprint density at radius 2 is 1.86 bits per heavy atom. The van der Waals surface area contributed by atoms with Crippen LogP contribution in [0, 0.1) is 6.92 Å². The van der Waals surface area contributed by atoms with Gasteiger partial charge >= 0.3 is 12.2 Å². The van der Waals surface area contributed by atoms with Gasteiger partial charge in [0, 0.05) is 11.8 Å². The molecule has 0 bridgehead atoms. The van der Waals surface area contributed by atoms with Gasteiger partial charge in [-0.15, -0.1) is 0 Å². The normalized spacial score (nSPS) is 19.7. The number of aromatic nitrogens is 1. The van der Waals surface area contributed by atoms with E-state index in [4.69, 9.17) is 4.74 Å². The van der Waals surface area contributed by atoms with E-state index in [2.05, 4.69) is 10.3 Å². The molecule has 3 rings (SSSR count). The number of methoxy groups -OCH3 is 1. The first kappa shape index (κ1) is 19.7. The summed E-state index contributed by atoms with van der Waals surface area (Å²) in [5, 5.41) is 2.57. The van der Waals surface area contributed by atoms with Gasteiger partial charge in [-0.25, -0.2) is 9.78 Å². The van der Waals surface area contributed by atoms with Crippen LogP contribution in [-0.4, -0.2) is 28.9 Å². The highest BCUT2D eigenvalue weighted by Gasteiger charge is 2.49. The van der Waals surface area contributed by atoms with Gasteiger partial charge in [0.1, 0.15) is 5.54 Å². The lowest BCUT2D eigenvalue weighted by atomic mass is 9.91. The van der Waals surface area contributed by atoms with Crippen LogP contribution in [0.1, 0.15) is 29.2 Å². The predicted molar refractivity (Wildman–Crippen MR) is 93.4 cm³/mol. The van der Waals surface area contributed by atoms with Crippen LogP contribution < -0.4 is 10.1 Å². The standard InChI is InChI=1S/C19H18F3N3O3/c1-11-8-12(9-23-15(11)28-3)10-25-16(26)18(2,24-17(25)27)13-4-6-14(7-5-13)19(20,21)22/h4-9H,10H2,1-3H3,(H,24,27). The SMILES string of the molecule is COc1ncc(CN2C(=O)NC(C)(c3ccc(C(F)(F)F)cc3)C2=O)cc1C. The number of carbonyl (C=O) groups excluding carboxylic acids is 2. The van der Waals surface area contributed by atoms with Crippen molar-refractivity contribution in [2.75, 3.05) is 7.11 Å². The summed E-state index contributed by atoms with van der Waals surface area (Å²) in [7, 11) is 1.49. The predicted octanol–water partition coefficient (Wildman–Crippen LogP) is 3.38. The van der Waals surface area contributed by atoms with Gasteiger partial charge in [-0.05, 0) is 43.2 Å². The zero-order chi connectivity index (χ0) is 20.7. The van der Waals surface area contributed by atoms with Crippen LogP contribution in [0.15, 0.2) is 36.5 Å². The molecule has 1 unspecified atom stereocenters. The number of ether oxygens (including phenoxy) is 1. The van der Waals surface area contributed by atoms with Crippen molar-refractivity contribution in [2.24, 2.45) is 0 Å². The molecule has 9 heteroatoms. The van der Waals surface area contributed by atoms with Crippen molar-refractivity contribution >= 4 is 11.9 Å². The first-order valence-corrected chi connectivity index (χ1v) is 8.37. The van der Waals surface area contributed by atoms with Crippen molar-refractivity contribution < 1.29 is 27.5 Å². The summed E-state index contributed by atoms with van der Waals surface area (Å²) in [6.45, 7) is 3.24. The van der Waals surface area contributed by atoms with E-state index in [0.29, 0.717) is 11.4 Å². The maximum absolute atomic E-state index is 12.9. The molecule has 1 fully saturated rings. The number of rotatable bonds is 4. The summed E-state index contributed by atoms with van der Waals surface area (Å²) in [6, 6.07) is 5.30. The van der Waals surface area contributed by atoms with Gasteiger partial charge < -0.3 is 10.1 Å². The van der Waals surface area contributed by atoms with Crippen molar-refractivity contribution in [3.63, 3.8) is 0 Å². The summed E-state index contributed by atoms with van der Waals surface area (Å²) in [5.41, 5.74) is -0.634. The molecule has 1 N–H and O–H groups in total. The number of alkyl halides is 3. The molecule has 0 radical (unpaired) electrons. The fraction of sp³-hybridized carbons (Fsp3) is 0.316. The fourth-order valence-corrected chi connectivity index (χ4v) is 3.13. The topological polar surface area (TPSA) is 71.5 Å². The summed E-state index contributed by atoms with van der Waals surface area (Å²) in [5.74, 6) is -0.110. The molecule has 1 atom stereocenters. The molecule has 1 aromatic heterocycles. The number of pyridine rings is 1. The number of carbonyl (C=O) groups is 2. The zero-order valence-corrected chi connectivity index (χ0v) is 15.4. The van der Waals surface area contributed by atoms with E-state index >= 15 is 0 Å². The van der Waals surface area contributed by atoms with Crippen molar-refractivity contribution in [1.29, 1.82) is 0 Å². The van der Waals surface area contributed by atoms with Crippen molar-refractivity contribution in [3.8, 4) is 5.88 Å². The van der Waals surface area contributed by atoms with Gasteiger partial charge in [0.2, 0.25) is 5.88 Å². The average molecular weight is 393 g/mol. The molecule has 1 aliphatic heterocycles. The summed E-state index contributed by atoms with van der Waals surface area (Å²) >= 11 is 0. The second kappa shape index (κ2) is 6.81. The Balaban J connectivity index is 1.85. The van der Waals surface area contributed by atoms with Crippen LogP contribution in [0.25, 0.3) is 0 Å². The molecule has 0 spiro atoms. The average Bonchev–Trinajstić information content (AvgIpc) is 2.85. The quantitative estimate of drug-likeness (QED) is 0.809. The van der Waals surface area contributed by atoms with E-state index in [9.17, 15) is 22.8 Å². The number of halogens is 3. The van der Waals surface area contributed by atoms with E-state index in [0.717, 1.165) is 22.6 Å². The van der Waals surface area contributed by atoms with E-state index in [1.54, 1.807) is 13.0 Å². The highest BCUT2D eigenvalue weighted by atomic mass is 19.4. The highest BCUT2D eigenvalue weighted by molar-refractivity contribution is 6.07. The van der Waals surface area contributed by atoms with Crippen molar-refractivity contribution in [3.05, 3.63) is 58.8 Å². The molecule has 2 heterocycles. The van der Waals surface area contributed by atoms with Crippen LogP contribution in [-0.2, 0) is 23.1 Å². The maximum atomic E-state index is 12.9. The smallest absolute Gasteiger partial charge is 0.416 e. The van der Waals surface area contributed by atoms with E-state index in [-0.39, 0.29) is 12.1 Å². The van der Waals surface area contributed by atoms with Crippen LogP contribution in [0.2, 0.25) is 0 Å². The van der Waals surface area contributed by atoms with E-state index in [1.807, 2.05) is 0 Å². The Kier molecular flexibility index (Phi) is 4.78. The van der Waals surface area contributed by atoms with Gasteiger partial charge in [-0.1, -0.05) is 12.1 Å². The fourth-order valence-electron chi connectivity index (χ4n) is 3.13. The van der Waals surface area contributed by atoms with Gasteiger partial charge in [-0.3, -0.25) is 9.69 Å². The molecule has 6 nitrogen and oxygen atoms in total. The highest BCUT2D eigenvalue weighted by Crippen LogP contribution is 2.34. The Bertz CT molecular complexity index is 928. The van der Waals surface area contributed by atoms with Gasteiger partial charge in [-0.2, -0.15) is 13.2 Å². The van der Waals surface area contributed by atoms with Gasteiger partial charge in [0.25, 0.3) is 5.91 Å². The molecule has 1 saturated heterocycles. The second-order valence-corrected chi connectivity index (χ2v) is 6.69. The minimum atomic E-state index is -4.48. The first-order chi connectivity index (χ1) is 13.1. The van der Waals surface area contributed by atoms with Gasteiger partial charge in [0.05, 0.1) is 19.2 Å². The number of hydrogen-bond acceptors (Lipinski definition) is 4. The number of benzene rings is 1. The lowest BCUT2D eigenvalue weighted by Crippen LogP contribution is -2.40. The molecule has 148 valence electrons. The zero-order valence-electron chi connectivity index (χ0n) is 15.4. The second-order valence-electron chi connectivity index (χ2n) is 6.69. The largest absolute Gasteiger partial charge is 0.481 e. The Morgan fingerprint density at radius 3 is 2.39 bits per heavy atom. The molecule has 2 aromatic rings. The van der Waals surface area contributed by atoms with Gasteiger partial charge in [0.15, 0.2) is 0 Å². The number of hydrogen-bond donors (Lipinski definition) is 1. The van der Waals surface area contributed by atoms with Crippen LogP contribution in [0.5, 0.6) is 5.88 Å². The number of nitrogens with one attached hydrogen (secondary N) is 1. The van der Waals surface area contributed by atoms with E-state index in [1.165, 1.54) is 32.4 Å². The number of urea groups is 1. The lowest BCUT2D eigenvalue weighted by Gasteiger charge is -2.23. The summed E-state index contributed by atoms with van der Waals surface area (Å²) < 4.78 is 43.4. The molecule has 3 amide bonds. The number of imide groups is 1. The Labute approximate surface area is 159 Å². The molecular formula is C19H18F3N3O3. The third-order valence-corrected chi connectivity index (χ3v) is 4.69. The van der Waals surface area contributed by atoms with Crippen LogP contribution >= 0.6 is 0 Å². The molecule has 28 heavy (non-hydrogen) atoms. The molecular weight excluding hydrogens is 375 g/mol. The molecule has 0 aliphatic carbocycles. The summed E-state index contributed by atoms with van der Waals surface area (Å²) in [6.07, 6.45) is -2.98. The van der Waals surface area contributed by atoms with Crippen LogP contribution in [0.4, 0.5) is 18.0 Å². The van der Waals surface area contributed by atoms with Crippen molar-refractivity contribution in [1.82, 2.24) is 15.2 Å². The minimum Gasteiger partial charge on any atom is -0.481 e. The molecule has 1 aromatic carbocycles. The first-order valence-electron chi connectivity index (χ1n) is 8.37. The molecule has 1 aliphatic rings. The Hall–Kier alpha value is -3.10. The number of amides is 3. The minimum absolute atomic E-state index is 0.0152. The third kappa shape index (κ3) is 3.39. The van der Waals surface area contributed by atoms with E-state index < -0.39 is 29.2 Å². The Morgan fingerprint density at radius 1 is 1.21 bits per heavy atom.